The molecule has 7 rings (SSSR count). The van der Waals surface area contributed by atoms with Crippen LogP contribution in [0.4, 0.5) is 0 Å². The first-order valence-electron chi connectivity index (χ1n) is 13.6. The Kier molecular flexibility index (Phi) is 5.81. The molecule has 0 radical (unpaired) electrons. The number of fused-ring (bicyclic) bond motifs is 3. The van der Waals surface area contributed by atoms with Crippen LogP contribution in [0.15, 0.2) is 85.7 Å². The molecule has 7 heteroatoms. The Morgan fingerprint density at radius 3 is 2.51 bits per heavy atom. The van der Waals surface area contributed by atoms with Crippen molar-refractivity contribution in [2.75, 3.05) is 26.2 Å². The van der Waals surface area contributed by atoms with E-state index in [0.29, 0.717) is 12.1 Å². The Bertz CT molecular complexity index is 1530. The molecule has 5 heterocycles. The van der Waals surface area contributed by atoms with Gasteiger partial charge in [-0.2, -0.15) is 0 Å². The summed E-state index contributed by atoms with van der Waals surface area (Å²) in [5.41, 5.74) is 6.86. The second-order valence-corrected chi connectivity index (χ2v) is 10.9. The third kappa shape index (κ3) is 4.23. The van der Waals surface area contributed by atoms with Crippen molar-refractivity contribution in [1.82, 2.24) is 24.3 Å². The Morgan fingerprint density at radius 1 is 1.00 bits per heavy atom. The highest BCUT2D eigenvalue weighted by atomic mass is 16.5. The van der Waals surface area contributed by atoms with Crippen LogP contribution in [0, 0.1) is 5.41 Å². The molecule has 2 aromatic carbocycles. The molecule has 3 aliphatic heterocycles. The summed E-state index contributed by atoms with van der Waals surface area (Å²) in [5.74, 6) is 1.73. The number of hydrogen-bond donors (Lipinski definition) is 0. The van der Waals surface area contributed by atoms with E-state index in [1.165, 1.54) is 11.6 Å². The number of amides is 1. The van der Waals surface area contributed by atoms with Gasteiger partial charge >= 0.3 is 0 Å². The number of imidazole rings is 1. The second kappa shape index (κ2) is 9.50. The number of likely N-dealkylation sites (tertiary alicyclic amines) is 2. The van der Waals surface area contributed by atoms with E-state index in [1.807, 2.05) is 17.0 Å². The van der Waals surface area contributed by atoms with Crippen molar-refractivity contribution in [3.63, 3.8) is 0 Å². The van der Waals surface area contributed by atoms with Crippen LogP contribution in [0.25, 0.3) is 33.9 Å². The van der Waals surface area contributed by atoms with Gasteiger partial charge < -0.3 is 9.64 Å². The van der Waals surface area contributed by atoms with Gasteiger partial charge in [0, 0.05) is 50.0 Å². The van der Waals surface area contributed by atoms with E-state index >= 15 is 0 Å². The predicted octanol–water partition coefficient (Wildman–Crippen LogP) is 5.24. The Morgan fingerprint density at radius 2 is 1.77 bits per heavy atom. The highest BCUT2D eigenvalue weighted by Crippen LogP contribution is 2.43. The zero-order chi connectivity index (χ0) is 26.4. The summed E-state index contributed by atoms with van der Waals surface area (Å²) >= 11 is 0. The average Bonchev–Trinajstić information content (AvgIpc) is 3.37. The molecular formula is C32H31N5O2. The normalized spacial score (nSPS) is 17.6. The molecule has 2 fully saturated rings. The quantitative estimate of drug-likeness (QED) is 0.339. The summed E-state index contributed by atoms with van der Waals surface area (Å²) in [6.07, 6.45) is 7.14. The molecule has 2 aromatic heterocycles. The Balaban J connectivity index is 1.11. The minimum atomic E-state index is 0.0591. The van der Waals surface area contributed by atoms with Gasteiger partial charge in [0.05, 0.1) is 23.1 Å². The van der Waals surface area contributed by atoms with E-state index in [9.17, 15) is 4.79 Å². The van der Waals surface area contributed by atoms with Crippen molar-refractivity contribution < 1.29 is 9.53 Å². The summed E-state index contributed by atoms with van der Waals surface area (Å²) in [6.45, 7) is 8.86. The second-order valence-electron chi connectivity index (χ2n) is 10.9. The fourth-order valence-corrected chi connectivity index (χ4v) is 6.38. The van der Waals surface area contributed by atoms with Crippen LogP contribution in [-0.2, 0) is 18.1 Å². The van der Waals surface area contributed by atoms with E-state index in [2.05, 4.69) is 69.6 Å². The molecule has 0 bridgehead atoms. The first-order valence-corrected chi connectivity index (χ1v) is 13.6. The monoisotopic (exact) mass is 517 g/mol. The van der Waals surface area contributed by atoms with Crippen LogP contribution < -0.4 is 4.74 Å². The maximum atomic E-state index is 11.9. The van der Waals surface area contributed by atoms with Gasteiger partial charge in [0.15, 0.2) is 12.5 Å². The molecule has 0 atom stereocenters. The highest BCUT2D eigenvalue weighted by Gasteiger charge is 2.44. The minimum Gasteiger partial charge on any atom is -0.470 e. The van der Waals surface area contributed by atoms with Gasteiger partial charge in [-0.25, -0.2) is 4.98 Å². The topological polar surface area (TPSA) is 63.5 Å². The molecule has 3 aliphatic rings. The van der Waals surface area contributed by atoms with Crippen LogP contribution in [0.3, 0.4) is 0 Å². The molecule has 0 saturated carbocycles. The number of aromatic nitrogens is 3. The Hall–Kier alpha value is -4.23. The molecule has 1 spiro atoms. The van der Waals surface area contributed by atoms with Crippen LogP contribution in [0.2, 0.25) is 0 Å². The standard InChI is InChI=1S/C32H31N5O2/c1-2-28(38)36-16-13-32(14-17-36)20-35(21-32)19-23-8-10-24(11-9-23)29-30(25-6-4-3-5-7-25)37-22-39-27-18-33-15-12-26(27)31(37)34-29/h2-12,15,18H,1,13-14,16-17,19-22H2. The summed E-state index contributed by atoms with van der Waals surface area (Å²) in [4.78, 5) is 25.7. The van der Waals surface area contributed by atoms with Gasteiger partial charge in [-0.15, -0.1) is 0 Å². The lowest BCUT2D eigenvalue weighted by Crippen LogP contribution is -2.60. The largest absolute Gasteiger partial charge is 0.470 e. The van der Waals surface area contributed by atoms with Crippen LogP contribution in [-0.4, -0.2) is 56.4 Å². The fourth-order valence-electron chi connectivity index (χ4n) is 6.38. The van der Waals surface area contributed by atoms with E-state index in [4.69, 9.17) is 9.72 Å². The number of nitrogens with zero attached hydrogens (tertiary/aromatic N) is 5. The van der Waals surface area contributed by atoms with Gasteiger partial charge in [0.25, 0.3) is 0 Å². The molecule has 0 aliphatic carbocycles. The van der Waals surface area contributed by atoms with Crippen molar-refractivity contribution in [2.45, 2.75) is 26.1 Å². The maximum absolute atomic E-state index is 11.9. The molecule has 0 unspecified atom stereocenters. The first-order chi connectivity index (χ1) is 19.1. The van der Waals surface area contributed by atoms with E-state index in [-0.39, 0.29) is 5.91 Å². The van der Waals surface area contributed by atoms with Gasteiger partial charge in [0.1, 0.15) is 5.82 Å². The molecule has 1 amide bonds. The first kappa shape index (κ1) is 23.9. The zero-order valence-electron chi connectivity index (χ0n) is 21.9. The van der Waals surface area contributed by atoms with E-state index < -0.39 is 0 Å². The lowest BCUT2D eigenvalue weighted by Gasteiger charge is -2.54. The van der Waals surface area contributed by atoms with E-state index in [1.54, 1.807) is 12.4 Å². The van der Waals surface area contributed by atoms with Gasteiger partial charge in [-0.3, -0.25) is 19.2 Å². The summed E-state index contributed by atoms with van der Waals surface area (Å²) in [7, 11) is 0. The lowest BCUT2D eigenvalue weighted by molar-refractivity contribution is -0.131. The van der Waals surface area contributed by atoms with Crippen molar-refractivity contribution in [3.8, 4) is 39.7 Å². The lowest BCUT2D eigenvalue weighted by atomic mass is 9.72. The van der Waals surface area contributed by atoms with Crippen LogP contribution in [0.5, 0.6) is 5.75 Å². The number of carbonyl (C=O) groups excluding carboxylic acids is 1. The third-order valence-corrected chi connectivity index (χ3v) is 8.45. The maximum Gasteiger partial charge on any atom is 0.245 e. The molecule has 2 saturated heterocycles. The number of hydrogen-bond acceptors (Lipinski definition) is 5. The minimum absolute atomic E-state index is 0.0591. The summed E-state index contributed by atoms with van der Waals surface area (Å²) < 4.78 is 8.21. The smallest absolute Gasteiger partial charge is 0.245 e. The number of benzene rings is 2. The number of ether oxygens (including phenoxy) is 1. The number of pyridine rings is 1. The average molecular weight is 518 g/mol. The number of carbonyl (C=O) groups is 1. The molecule has 0 N–H and O–H groups in total. The summed E-state index contributed by atoms with van der Waals surface area (Å²) in [6, 6.07) is 21.2. The molecule has 7 nitrogen and oxygen atoms in total. The SMILES string of the molecule is C=CC(=O)N1CCC2(CC1)CN(Cc1ccc(-c3nc4n(c3-c3ccccc3)COc3cnccc3-4)cc1)C2. The van der Waals surface area contributed by atoms with Gasteiger partial charge in [0.2, 0.25) is 5.91 Å². The molecule has 4 aromatic rings. The van der Waals surface area contributed by atoms with Gasteiger partial charge in [-0.1, -0.05) is 61.2 Å². The van der Waals surface area contributed by atoms with Crippen molar-refractivity contribution in [3.05, 3.63) is 91.3 Å². The molecular weight excluding hydrogens is 486 g/mol. The molecule has 196 valence electrons. The molecule has 39 heavy (non-hydrogen) atoms. The predicted molar refractivity (Wildman–Crippen MR) is 151 cm³/mol. The van der Waals surface area contributed by atoms with Crippen molar-refractivity contribution in [1.29, 1.82) is 0 Å². The van der Waals surface area contributed by atoms with Crippen molar-refractivity contribution in [2.24, 2.45) is 5.41 Å². The number of rotatable bonds is 5. The summed E-state index contributed by atoms with van der Waals surface area (Å²) in [5, 5.41) is 0. The Labute approximate surface area is 228 Å². The van der Waals surface area contributed by atoms with Crippen LogP contribution in [0.1, 0.15) is 18.4 Å². The van der Waals surface area contributed by atoms with Gasteiger partial charge in [-0.05, 0) is 36.0 Å². The number of piperidine rings is 1. The van der Waals surface area contributed by atoms with Crippen LogP contribution >= 0.6 is 0 Å². The zero-order valence-corrected chi connectivity index (χ0v) is 21.9. The van der Waals surface area contributed by atoms with Crippen molar-refractivity contribution >= 4 is 5.91 Å². The fraction of sp³-hybridized carbons (Fsp3) is 0.281. The van der Waals surface area contributed by atoms with E-state index in [0.717, 1.165) is 85.2 Å². The highest BCUT2D eigenvalue weighted by molar-refractivity contribution is 5.87. The third-order valence-electron chi connectivity index (χ3n) is 8.45.